The molecular weight excluding hydrogens is 260 g/mol. The van der Waals surface area contributed by atoms with Gasteiger partial charge in [0.25, 0.3) is 0 Å². The minimum atomic E-state index is -0.101. The number of benzene rings is 2. The summed E-state index contributed by atoms with van der Waals surface area (Å²) < 4.78 is 12.4. The summed E-state index contributed by atoms with van der Waals surface area (Å²) in [7, 11) is 0. The number of fused-ring (bicyclic) bond motifs is 3. The smallest absolute Gasteiger partial charge is 0.244 e. The average molecular weight is 282 g/mol. The van der Waals surface area contributed by atoms with Crippen molar-refractivity contribution in [3.63, 3.8) is 0 Å². The van der Waals surface area contributed by atoms with Gasteiger partial charge in [-0.1, -0.05) is 44.2 Å². The van der Waals surface area contributed by atoms with Crippen molar-refractivity contribution >= 4 is 10.8 Å². The van der Waals surface area contributed by atoms with Crippen LogP contribution in [-0.2, 0) is 0 Å². The molecule has 0 amide bonds. The number of hydrogen-bond donors (Lipinski definition) is 0. The predicted molar refractivity (Wildman–Crippen MR) is 84.7 cm³/mol. The zero-order valence-electron chi connectivity index (χ0n) is 12.7. The summed E-state index contributed by atoms with van der Waals surface area (Å²) >= 11 is 0. The molecule has 2 aromatic rings. The van der Waals surface area contributed by atoms with Gasteiger partial charge < -0.3 is 9.47 Å². The van der Waals surface area contributed by atoms with Crippen molar-refractivity contribution in [3.05, 3.63) is 36.4 Å². The van der Waals surface area contributed by atoms with E-state index in [2.05, 4.69) is 44.2 Å². The first-order valence-electron chi connectivity index (χ1n) is 8.06. The second-order valence-electron chi connectivity index (χ2n) is 6.90. The predicted octanol–water partition coefficient (Wildman–Crippen LogP) is 5.01. The fraction of sp³-hybridized carbons (Fsp3) is 0.474. The van der Waals surface area contributed by atoms with Crippen LogP contribution in [0.1, 0.15) is 33.1 Å². The molecule has 1 saturated carbocycles. The Morgan fingerprint density at radius 3 is 2.43 bits per heavy atom. The van der Waals surface area contributed by atoms with Crippen molar-refractivity contribution in [2.24, 2.45) is 17.8 Å². The van der Waals surface area contributed by atoms with Crippen LogP contribution in [0, 0.1) is 17.8 Å². The molecule has 1 heterocycles. The molecule has 0 spiro atoms. The molecule has 2 aromatic carbocycles. The maximum Gasteiger partial charge on any atom is 0.244 e. The second kappa shape index (κ2) is 4.94. The van der Waals surface area contributed by atoms with Gasteiger partial charge >= 0.3 is 0 Å². The van der Waals surface area contributed by atoms with E-state index in [1.54, 1.807) is 0 Å². The summed E-state index contributed by atoms with van der Waals surface area (Å²) in [5, 5.41) is 2.38. The van der Waals surface area contributed by atoms with Gasteiger partial charge in [-0.25, -0.2) is 0 Å². The first-order chi connectivity index (χ1) is 10.2. The normalized spacial score (nSPS) is 31.5. The first-order valence-corrected chi connectivity index (χ1v) is 8.06. The van der Waals surface area contributed by atoms with Crippen molar-refractivity contribution in [1.82, 2.24) is 0 Å². The Labute approximate surface area is 126 Å². The van der Waals surface area contributed by atoms with Crippen molar-refractivity contribution in [2.75, 3.05) is 0 Å². The van der Waals surface area contributed by atoms with Gasteiger partial charge in [0.15, 0.2) is 11.5 Å². The van der Waals surface area contributed by atoms with E-state index in [-0.39, 0.29) is 6.29 Å². The minimum Gasteiger partial charge on any atom is -0.451 e. The maximum atomic E-state index is 6.23. The summed E-state index contributed by atoms with van der Waals surface area (Å²) in [6, 6.07) is 12.5. The number of rotatable bonds is 1. The highest BCUT2D eigenvalue weighted by atomic mass is 16.7. The average Bonchev–Trinajstić information content (AvgIpc) is 2.91. The van der Waals surface area contributed by atoms with Crippen molar-refractivity contribution in [2.45, 2.75) is 39.4 Å². The van der Waals surface area contributed by atoms with E-state index in [4.69, 9.17) is 9.47 Å². The van der Waals surface area contributed by atoms with E-state index < -0.39 is 0 Å². The highest BCUT2D eigenvalue weighted by molar-refractivity contribution is 5.91. The molecule has 3 unspecified atom stereocenters. The molecule has 110 valence electrons. The second-order valence-corrected chi connectivity index (χ2v) is 6.90. The number of hydrogen-bond acceptors (Lipinski definition) is 2. The summed E-state index contributed by atoms with van der Waals surface area (Å²) in [4.78, 5) is 0. The zero-order chi connectivity index (χ0) is 14.4. The van der Waals surface area contributed by atoms with Crippen LogP contribution < -0.4 is 9.47 Å². The van der Waals surface area contributed by atoms with Crippen LogP contribution in [0.5, 0.6) is 11.5 Å². The van der Waals surface area contributed by atoms with Gasteiger partial charge in [0.05, 0.1) is 0 Å². The van der Waals surface area contributed by atoms with Crippen molar-refractivity contribution in [3.8, 4) is 11.5 Å². The van der Waals surface area contributed by atoms with Gasteiger partial charge in [-0.3, -0.25) is 0 Å². The lowest BCUT2D eigenvalue weighted by atomic mass is 9.76. The Bertz CT molecular complexity index is 654. The van der Waals surface area contributed by atoms with Gasteiger partial charge in [-0.05, 0) is 42.6 Å². The quantitative estimate of drug-likeness (QED) is 0.732. The van der Waals surface area contributed by atoms with Gasteiger partial charge in [-0.15, -0.1) is 0 Å². The largest absolute Gasteiger partial charge is 0.451 e. The molecule has 21 heavy (non-hydrogen) atoms. The van der Waals surface area contributed by atoms with E-state index in [0.717, 1.165) is 28.7 Å². The molecule has 0 radical (unpaired) electrons. The monoisotopic (exact) mass is 282 g/mol. The van der Waals surface area contributed by atoms with E-state index in [1.165, 1.54) is 24.6 Å². The molecule has 2 heteroatoms. The summed E-state index contributed by atoms with van der Waals surface area (Å²) in [6.07, 6.45) is 3.65. The van der Waals surface area contributed by atoms with Crippen LogP contribution in [0.4, 0.5) is 0 Å². The molecule has 1 aliphatic carbocycles. The fourth-order valence-corrected chi connectivity index (χ4v) is 4.13. The molecule has 2 aliphatic rings. The molecule has 1 fully saturated rings. The van der Waals surface area contributed by atoms with Gasteiger partial charge in [0.1, 0.15) is 0 Å². The Morgan fingerprint density at radius 2 is 1.62 bits per heavy atom. The van der Waals surface area contributed by atoms with E-state index >= 15 is 0 Å². The third kappa shape index (κ3) is 2.27. The molecule has 0 saturated heterocycles. The summed E-state index contributed by atoms with van der Waals surface area (Å²) in [5.74, 6) is 3.89. The Hall–Kier alpha value is -1.70. The summed E-state index contributed by atoms with van der Waals surface area (Å²) in [6.45, 7) is 4.69. The van der Waals surface area contributed by atoms with E-state index in [9.17, 15) is 0 Å². The Balaban J connectivity index is 1.63. The van der Waals surface area contributed by atoms with Crippen molar-refractivity contribution < 1.29 is 9.47 Å². The molecular formula is C19H22O2. The van der Waals surface area contributed by atoms with Crippen LogP contribution in [-0.4, -0.2) is 6.29 Å². The van der Waals surface area contributed by atoms with Crippen LogP contribution >= 0.6 is 0 Å². The van der Waals surface area contributed by atoms with Gasteiger partial charge in [0, 0.05) is 11.3 Å². The molecule has 1 aliphatic heterocycles. The minimum absolute atomic E-state index is 0.101. The Morgan fingerprint density at radius 1 is 0.857 bits per heavy atom. The molecule has 0 N–H and O–H groups in total. The standard InChI is InChI=1S/C19H22O2/c1-12-9-13(2)11-15(10-12)19-20-17-8-7-14-5-3-4-6-16(14)18(17)21-19/h3-8,12-13,15,19H,9-11H2,1-2H3. The first kappa shape index (κ1) is 13.0. The highest BCUT2D eigenvalue weighted by Gasteiger charge is 2.37. The van der Waals surface area contributed by atoms with Crippen LogP contribution in [0.3, 0.4) is 0 Å². The lowest BCUT2D eigenvalue weighted by Gasteiger charge is -2.33. The van der Waals surface area contributed by atoms with Crippen LogP contribution in [0.15, 0.2) is 36.4 Å². The Kier molecular flexibility index (Phi) is 3.06. The zero-order valence-corrected chi connectivity index (χ0v) is 12.7. The highest BCUT2D eigenvalue weighted by Crippen LogP contribution is 2.45. The van der Waals surface area contributed by atoms with E-state index in [1.807, 2.05) is 6.07 Å². The van der Waals surface area contributed by atoms with Crippen LogP contribution in [0.25, 0.3) is 10.8 Å². The van der Waals surface area contributed by atoms with Gasteiger partial charge in [0.2, 0.25) is 6.29 Å². The topological polar surface area (TPSA) is 18.5 Å². The maximum absolute atomic E-state index is 6.23. The van der Waals surface area contributed by atoms with Crippen molar-refractivity contribution in [1.29, 1.82) is 0 Å². The molecule has 2 nitrogen and oxygen atoms in total. The van der Waals surface area contributed by atoms with Gasteiger partial charge in [-0.2, -0.15) is 0 Å². The third-order valence-electron chi connectivity index (χ3n) is 4.92. The summed E-state index contributed by atoms with van der Waals surface area (Å²) in [5.41, 5.74) is 0. The lowest BCUT2D eigenvalue weighted by molar-refractivity contribution is -0.0324. The lowest BCUT2D eigenvalue weighted by Crippen LogP contribution is -2.34. The SMILES string of the molecule is CC1CC(C)CC(C2Oc3ccc4ccccc4c3O2)C1. The van der Waals surface area contributed by atoms with Crippen LogP contribution in [0.2, 0.25) is 0 Å². The molecule has 3 atom stereocenters. The van der Waals surface area contributed by atoms with E-state index in [0.29, 0.717) is 5.92 Å². The fourth-order valence-electron chi connectivity index (χ4n) is 4.13. The molecule has 4 rings (SSSR count). The molecule has 0 aromatic heterocycles. The third-order valence-corrected chi connectivity index (χ3v) is 4.92. The molecule has 0 bridgehead atoms. The number of ether oxygens (including phenoxy) is 2.